The number of fused-ring (bicyclic) bond motifs is 3. The van der Waals surface area contributed by atoms with Crippen LogP contribution in [0.25, 0.3) is 0 Å². The number of ether oxygens (including phenoxy) is 4. The minimum absolute atomic E-state index is 0.0119. The first-order valence-electron chi connectivity index (χ1n) is 8.53. The van der Waals surface area contributed by atoms with Crippen molar-refractivity contribution in [3.63, 3.8) is 0 Å². The first kappa shape index (κ1) is 16.9. The summed E-state index contributed by atoms with van der Waals surface area (Å²) in [5.74, 6) is -0.596. The van der Waals surface area contributed by atoms with Crippen molar-refractivity contribution in [1.82, 2.24) is 0 Å². The van der Waals surface area contributed by atoms with E-state index in [1.54, 1.807) is 0 Å². The van der Waals surface area contributed by atoms with Crippen LogP contribution in [0.3, 0.4) is 0 Å². The minimum Gasteiger partial charge on any atom is -0.368 e. The second-order valence-corrected chi connectivity index (χ2v) is 7.24. The lowest BCUT2D eigenvalue weighted by atomic mass is 9.92. The lowest BCUT2D eigenvalue weighted by Gasteiger charge is -2.34. The van der Waals surface area contributed by atoms with Crippen molar-refractivity contribution < 1.29 is 18.9 Å². The summed E-state index contributed by atoms with van der Waals surface area (Å²) in [6.45, 7) is 13.7. The molecule has 23 heavy (non-hydrogen) atoms. The standard InChI is InChI=1S/C19H28O4/c1-6-7-8-9-13-11-14-16(15(20-13)10-12(2)3)21-18-17(14)22-19(4,5)23-18/h6,11,13,15-18H,1-2,7-10H2,3-5H3/t13-,15-,16+,17-,18-/m1/s1. The van der Waals surface area contributed by atoms with E-state index >= 15 is 0 Å². The predicted octanol–water partition coefficient (Wildman–Crippen LogP) is 3.88. The van der Waals surface area contributed by atoms with Gasteiger partial charge >= 0.3 is 0 Å². The van der Waals surface area contributed by atoms with Crippen molar-refractivity contribution in [1.29, 1.82) is 0 Å². The maximum atomic E-state index is 6.27. The van der Waals surface area contributed by atoms with Crippen molar-refractivity contribution in [3.8, 4) is 0 Å². The Bertz CT molecular complexity index is 507. The molecule has 0 spiro atoms. The molecule has 2 fully saturated rings. The Kier molecular flexibility index (Phi) is 4.79. The molecule has 0 N–H and O–H groups in total. The first-order chi connectivity index (χ1) is 10.9. The van der Waals surface area contributed by atoms with Crippen LogP contribution in [0.15, 0.2) is 36.5 Å². The molecule has 0 bridgehead atoms. The molecule has 5 atom stereocenters. The zero-order valence-electron chi connectivity index (χ0n) is 14.4. The Morgan fingerprint density at radius 2 is 2.04 bits per heavy atom. The molecule has 3 aliphatic heterocycles. The van der Waals surface area contributed by atoms with Crippen LogP contribution in [-0.4, -0.2) is 36.5 Å². The second kappa shape index (κ2) is 6.52. The molecule has 128 valence electrons. The van der Waals surface area contributed by atoms with Gasteiger partial charge in [0.25, 0.3) is 0 Å². The van der Waals surface area contributed by atoms with E-state index in [0.29, 0.717) is 0 Å². The molecule has 0 radical (unpaired) electrons. The smallest absolute Gasteiger partial charge is 0.191 e. The van der Waals surface area contributed by atoms with E-state index in [-0.39, 0.29) is 30.7 Å². The van der Waals surface area contributed by atoms with Gasteiger partial charge in [0.05, 0.1) is 12.2 Å². The van der Waals surface area contributed by atoms with Gasteiger partial charge in [0, 0.05) is 0 Å². The summed E-state index contributed by atoms with van der Waals surface area (Å²) < 4.78 is 24.3. The summed E-state index contributed by atoms with van der Waals surface area (Å²) in [6.07, 6.45) is 7.55. The molecule has 2 saturated heterocycles. The van der Waals surface area contributed by atoms with Crippen molar-refractivity contribution in [2.75, 3.05) is 0 Å². The molecule has 3 rings (SSSR count). The molecule has 4 heteroatoms. The third-order valence-electron chi connectivity index (χ3n) is 4.51. The molecule has 0 aromatic carbocycles. The van der Waals surface area contributed by atoms with Gasteiger partial charge in [-0.25, -0.2) is 0 Å². The lowest BCUT2D eigenvalue weighted by molar-refractivity contribution is -0.215. The van der Waals surface area contributed by atoms with E-state index in [1.165, 1.54) is 5.57 Å². The highest BCUT2D eigenvalue weighted by Crippen LogP contribution is 2.44. The fourth-order valence-corrected chi connectivity index (χ4v) is 3.60. The molecule has 0 saturated carbocycles. The van der Waals surface area contributed by atoms with Gasteiger partial charge in [-0.2, -0.15) is 0 Å². The molecule has 3 aliphatic rings. The van der Waals surface area contributed by atoms with Crippen LogP contribution >= 0.6 is 0 Å². The SMILES string of the molecule is C=CCCC[C@@H]1C=C2[C@H]3OC(C)(C)O[C@H]3O[C@@H]2[C@@H](CC(=C)C)O1. The van der Waals surface area contributed by atoms with Crippen LogP contribution in [0.2, 0.25) is 0 Å². The number of rotatable bonds is 6. The van der Waals surface area contributed by atoms with Gasteiger partial charge in [-0.05, 0) is 52.0 Å². The fourth-order valence-electron chi connectivity index (χ4n) is 3.60. The quantitative estimate of drug-likeness (QED) is 0.550. The molecule has 0 amide bonds. The molecular weight excluding hydrogens is 292 g/mol. The lowest BCUT2D eigenvalue weighted by Crippen LogP contribution is -2.40. The fraction of sp³-hybridized carbons (Fsp3) is 0.684. The van der Waals surface area contributed by atoms with Crippen LogP contribution in [0.5, 0.6) is 0 Å². The average molecular weight is 320 g/mol. The normalized spacial score (nSPS) is 37.9. The van der Waals surface area contributed by atoms with Gasteiger partial charge in [0.1, 0.15) is 12.2 Å². The van der Waals surface area contributed by atoms with Crippen LogP contribution in [0.1, 0.15) is 46.5 Å². The number of unbranched alkanes of at least 4 members (excludes halogenated alkanes) is 1. The Labute approximate surface area is 139 Å². The zero-order valence-corrected chi connectivity index (χ0v) is 14.4. The van der Waals surface area contributed by atoms with Gasteiger partial charge in [-0.1, -0.05) is 17.7 Å². The van der Waals surface area contributed by atoms with E-state index in [1.807, 2.05) is 26.8 Å². The molecule has 3 heterocycles. The topological polar surface area (TPSA) is 36.9 Å². The third-order valence-corrected chi connectivity index (χ3v) is 4.51. The molecule has 0 aromatic heterocycles. The van der Waals surface area contributed by atoms with E-state index in [0.717, 1.165) is 31.3 Å². The molecule has 0 aromatic rings. The molecular formula is C19H28O4. The summed E-state index contributed by atoms with van der Waals surface area (Å²) in [7, 11) is 0. The zero-order chi connectivity index (χ0) is 16.6. The maximum Gasteiger partial charge on any atom is 0.191 e. The summed E-state index contributed by atoms with van der Waals surface area (Å²) in [6, 6.07) is 0. The van der Waals surface area contributed by atoms with Crippen molar-refractivity contribution in [2.24, 2.45) is 0 Å². The van der Waals surface area contributed by atoms with Crippen LogP contribution in [0, 0.1) is 0 Å². The van der Waals surface area contributed by atoms with Gasteiger partial charge in [0.15, 0.2) is 12.1 Å². The van der Waals surface area contributed by atoms with Crippen molar-refractivity contribution in [2.45, 2.75) is 82.9 Å². The Morgan fingerprint density at radius 1 is 1.26 bits per heavy atom. The summed E-state index contributed by atoms with van der Waals surface area (Å²) in [5, 5.41) is 0. The monoisotopic (exact) mass is 320 g/mol. The Hall–Kier alpha value is -0.940. The minimum atomic E-state index is -0.596. The van der Waals surface area contributed by atoms with Gasteiger partial charge in [-0.3, -0.25) is 0 Å². The van der Waals surface area contributed by atoms with Crippen LogP contribution < -0.4 is 0 Å². The van der Waals surface area contributed by atoms with E-state index in [2.05, 4.69) is 19.2 Å². The van der Waals surface area contributed by atoms with E-state index < -0.39 is 5.79 Å². The number of allylic oxidation sites excluding steroid dienone is 1. The summed E-state index contributed by atoms with van der Waals surface area (Å²) >= 11 is 0. The Morgan fingerprint density at radius 3 is 2.74 bits per heavy atom. The summed E-state index contributed by atoms with van der Waals surface area (Å²) in [4.78, 5) is 0. The van der Waals surface area contributed by atoms with Crippen LogP contribution in [0.4, 0.5) is 0 Å². The van der Waals surface area contributed by atoms with Gasteiger partial charge in [0.2, 0.25) is 0 Å². The predicted molar refractivity (Wildman–Crippen MR) is 88.9 cm³/mol. The molecule has 0 unspecified atom stereocenters. The first-order valence-corrected chi connectivity index (χ1v) is 8.53. The average Bonchev–Trinajstić information content (AvgIpc) is 2.91. The van der Waals surface area contributed by atoms with Crippen molar-refractivity contribution in [3.05, 3.63) is 36.5 Å². The van der Waals surface area contributed by atoms with Crippen molar-refractivity contribution >= 4 is 0 Å². The van der Waals surface area contributed by atoms with E-state index in [9.17, 15) is 0 Å². The highest BCUT2D eigenvalue weighted by Gasteiger charge is 2.55. The largest absolute Gasteiger partial charge is 0.368 e. The maximum absolute atomic E-state index is 6.27. The highest BCUT2D eigenvalue weighted by molar-refractivity contribution is 5.27. The highest BCUT2D eigenvalue weighted by atomic mass is 16.8. The van der Waals surface area contributed by atoms with Gasteiger partial charge in [-0.15, -0.1) is 13.2 Å². The second-order valence-electron chi connectivity index (χ2n) is 7.24. The number of hydrogen-bond acceptors (Lipinski definition) is 4. The Balaban J connectivity index is 1.78. The molecule has 0 aliphatic carbocycles. The van der Waals surface area contributed by atoms with Crippen LogP contribution in [-0.2, 0) is 18.9 Å². The molecule has 4 nitrogen and oxygen atoms in total. The van der Waals surface area contributed by atoms with E-state index in [4.69, 9.17) is 18.9 Å². The number of hydrogen-bond donors (Lipinski definition) is 0. The third kappa shape index (κ3) is 3.61. The van der Waals surface area contributed by atoms with Gasteiger partial charge < -0.3 is 18.9 Å². The summed E-state index contributed by atoms with van der Waals surface area (Å²) in [5.41, 5.74) is 2.28.